The lowest BCUT2D eigenvalue weighted by Gasteiger charge is -2.32. The van der Waals surface area contributed by atoms with Gasteiger partial charge in [-0.2, -0.15) is 0 Å². The van der Waals surface area contributed by atoms with Crippen molar-refractivity contribution in [3.63, 3.8) is 0 Å². The van der Waals surface area contributed by atoms with E-state index < -0.39 is 0 Å². The van der Waals surface area contributed by atoms with Gasteiger partial charge in [0.1, 0.15) is 0 Å². The van der Waals surface area contributed by atoms with Crippen molar-refractivity contribution < 1.29 is 9.63 Å². The summed E-state index contributed by atoms with van der Waals surface area (Å²) in [6, 6.07) is 6.28. The zero-order valence-corrected chi connectivity index (χ0v) is 17.7. The number of aromatic nitrogens is 2. The summed E-state index contributed by atoms with van der Waals surface area (Å²) in [6.45, 7) is 6.77. The van der Waals surface area contributed by atoms with Crippen LogP contribution in [0.1, 0.15) is 66.2 Å². The number of carbonyl (C=O) groups excluding carboxylic acids is 1. The van der Waals surface area contributed by atoms with Crippen LogP contribution >= 0.6 is 0 Å². The van der Waals surface area contributed by atoms with Gasteiger partial charge in [-0.15, -0.1) is 0 Å². The summed E-state index contributed by atoms with van der Waals surface area (Å²) in [6.07, 6.45) is 9.89. The van der Waals surface area contributed by atoms with Crippen LogP contribution in [0.4, 0.5) is 0 Å². The Kier molecular flexibility index (Phi) is 5.95. The Morgan fingerprint density at radius 3 is 2.52 bits per heavy atom. The second-order valence-electron chi connectivity index (χ2n) is 8.71. The Balaban J connectivity index is 1.36. The van der Waals surface area contributed by atoms with E-state index in [0.717, 1.165) is 55.5 Å². The van der Waals surface area contributed by atoms with Crippen LogP contribution in [-0.4, -0.2) is 27.5 Å². The number of aryl methyl sites for hydroxylation is 3. The zero-order valence-electron chi connectivity index (χ0n) is 17.7. The van der Waals surface area contributed by atoms with E-state index in [1.165, 1.54) is 11.1 Å². The van der Waals surface area contributed by atoms with Crippen LogP contribution in [0.2, 0.25) is 0 Å². The van der Waals surface area contributed by atoms with Crippen LogP contribution in [0.3, 0.4) is 0 Å². The van der Waals surface area contributed by atoms with Gasteiger partial charge >= 0.3 is 0 Å². The number of carbonyl (C=O) groups is 1. The third-order valence-electron chi connectivity index (χ3n) is 6.50. The lowest BCUT2D eigenvalue weighted by molar-refractivity contribution is -0.183. The van der Waals surface area contributed by atoms with Crippen molar-refractivity contribution in [2.24, 2.45) is 11.8 Å². The van der Waals surface area contributed by atoms with Gasteiger partial charge in [0.25, 0.3) is 0 Å². The molecule has 1 saturated carbocycles. The highest BCUT2D eigenvalue weighted by molar-refractivity contribution is 5.78. The Morgan fingerprint density at radius 1 is 1.03 bits per heavy atom. The average Bonchev–Trinajstić information content (AvgIpc) is 3.21. The molecule has 2 aliphatic rings. The molecule has 2 aromatic rings. The van der Waals surface area contributed by atoms with Gasteiger partial charge in [-0.05, 0) is 87.6 Å². The standard InChI is InChI=1S/C24H31N3O2/c1-16-14-25-18(3)12-22(16)13-19-5-8-20(9-6-19)24(28)27-23(10-11-29-27)21-7-4-17(2)26-15-21/h4,7,12,14-15,19-20,23H,5-6,8-11,13H2,1-3H3/t19?,20?,23-/m0/s1. The van der Waals surface area contributed by atoms with Crippen LogP contribution in [0.5, 0.6) is 0 Å². The molecule has 0 aromatic carbocycles. The average molecular weight is 394 g/mol. The Bertz CT molecular complexity index is 857. The Hall–Kier alpha value is -2.27. The monoisotopic (exact) mass is 393 g/mol. The zero-order chi connectivity index (χ0) is 20.4. The van der Waals surface area contributed by atoms with Crippen molar-refractivity contribution in [2.75, 3.05) is 6.61 Å². The maximum Gasteiger partial charge on any atom is 0.249 e. The second kappa shape index (κ2) is 8.62. The molecule has 1 saturated heterocycles. The molecule has 1 atom stereocenters. The van der Waals surface area contributed by atoms with E-state index in [1.807, 2.05) is 25.4 Å². The van der Waals surface area contributed by atoms with Gasteiger partial charge in [-0.1, -0.05) is 6.07 Å². The van der Waals surface area contributed by atoms with Crippen LogP contribution in [0.25, 0.3) is 0 Å². The molecule has 4 rings (SSSR count). The molecule has 1 aliphatic heterocycles. The molecule has 0 bridgehead atoms. The third kappa shape index (κ3) is 4.50. The van der Waals surface area contributed by atoms with Crippen molar-refractivity contribution in [1.29, 1.82) is 0 Å². The number of nitrogens with zero attached hydrogens (tertiary/aromatic N) is 3. The van der Waals surface area contributed by atoms with Gasteiger partial charge in [0, 0.05) is 36.1 Å². The molecule has 0 unspecified atom stereocenters. The minimum Gasteiger partial charge on any atom is -0.272 e. The largest absolute Gasteiger partial charge is 0.272 e. The van der Waals surface area contributed by atoms with Crippen LogP contribution in [0, 0.1) is 32.6 Å². The first kappa shape index (κ1) is 20.0. The second-order valence-corrected chi connectivity index (χ2v) is 8.71. The van der Waals surface area contributed by atoms with E-state index in [1.54, 1.807) is 5.06 Å². The van der Waals surface area contributed by atoms with Crippen molar-refractivity contribution in [2.45, 2.75) is 65.3 Å². The fourth-order valence-electron chi connectivity index (χ4n) is 4.67. The smallest absolute Gasteiger partial charge is 0.249 e. The van der Waals surface area contributed by atoms with Crippen LogP contribution < -0.4 is 0 Å². The summed E-state index contributed by atoms with van der Waals surface area (Å²) in [4.78, 5) is 27.7. The molecule has 2 aromatic heterocycles. The molecule has 29 heavy (non-hydrogen) atoms. The minimum atomic E-state index is -0.00392. The highest BCUT2D eigenvalue weighted by Gasteiger charge is 2.37. The lowest BCUT2D eigenvalue weighted by atomic mass is 9.78. The first-order chi connectivity index (χ1) is 14.0. The molecule has 5 heteroatoms. The summed E-state index contributed by atoms with van der Waals surface area (Å²) < 4.78 is 0. The minimum absolute atomic E-state index is 0.00392. The van der Waals surface area contributed by atoms with E-state index in [0.29, 0.717) is 12.5 Å². The quantitative estimate of drug-likeness (QED) is 0.758. The number of amides is 1. The molecule has 5 nitrogen and oxygen atoms in total. The highest BCUT2D eigenvalue weighted by atomic mass is 16.7. The van der Waals surface area contributed by atoms with E-state index >= 15 is 0 Å². The lowest BCUT2D eigenvalue weighted by Crippen LogP contribution is -2.36. The fraction of sp³-hybridized carbons (Fsp3) is 0.542. The molecule has 154 valence electrons. The molecule has 0 radical (unpaired) electrons. The van der Waals surface area contributed by atoms with Crippen molar-refractivity contribution in [3.05, 3.63) is 58.7 Å². The summed E-state index contributed by atoms with van der Waals surface area (Å²) in [5, 5.41) is 1.65. The van der Waals surface area contributed by atoms with Crippen LogP contribution in [0.15, 0.2) is 30.6 Å². The number of pyridine rings is 2. The molecular weight excluding hydrogens is 362 g/mol. The highest BCUT2D eigenvalue weighted by Crippen LogP contribution is 2.37. The Morgan fingerprint density at radius 2 is 1.79 bits per heavy atom. The first-order valence-corrected chi connectivity index (χ1v) is 10.8. The molecule has 1 amide bonds. The van der Waals surface area contributed by atoms with E-state index in [4.69, 9.17) is 4.84 Å². The number of hydroxylamine groups is 2. The number of hydrogen-bond acceptors (Lipinski definition) is 4. The normalized spacial score (nSPS) is 24.7. The molecule has 3 heterocycles. The predicted octanol–water partition coefficient (Wildman–Crippen LogP) is 4.66. The van der Waals surface area contributed by atoms with Gasteiger partial charge in [0.05, 0.1) is 12.6 Å². The molecule has 1 aliphatic carbocycles. The van der Waals surface area contributed by atoms with Gasteiger partial charge in [0.15, 0.2) is 0 Å². The molecule has 0 spiro atoms. The van der Waals surface area contributed by atoms with Gasteiger partial charge in [-0.25, -0.2) is 5.06 Å². The fourth-order valence-corrected chi connectivity index (χ4v) is 4.67. The molecule has 2 fully saturated rings. The van der Waals surface area contributed by atoms with Crippen molar-refractivity contribution in [1.82, 2.24) is 15.0 Å². The third-order valence-corrected chi connectivity index (χ3v) is 6.50. The maximum atomic E-state index is 13.2. The van der Waals surface area contributed by atoms with Crippen molar-refractivity contribution in [3.8, 4) is 0 Å². The van der Waals surface area contributed by atoms with E-state index in [-0.39, 0.29) is 17.9 Å². The number of hydrogen-bond donors (Lipinski definition) is 0. The maximum absolute atomic E-state index is 13.2. The molecular formula is C24H31N3O2. The first-order valence-electron chi connectivity index (χ1n) is 10.8. The van der Waals surface area contributed by atoms with E-state index in [2.05, 4.69) is 35.9 Å². The molecule has 0 N–H and O–H groups in total. The SMILES string of the molecule is Cc1ccc([C@@H]2CCON2C(=O)C2CCC(Cc3cc(C)ncc3C)CC2)cn1. The summed E-state index contributed by atoms with van der Waals surface area (Å²) in [7, 11) is 0. The predicted molar refractivity (Wildman–Crippen MR) is 112 cm³/mol. The Labute approximate surface area is 173 Å². The summed E-state index contributed by atoms with van der Waals surface area (Å²) >= 11 is 0. The van der Waals surface area contributed by atoms with Gasteiger partial charge in [0.2, 0.25) is 5.91 Å². The summed E-state index contributed by atoms with van der Waals surface area (Å²) in [5.41, 5.74) is 5.82. The van der Waals surface area contributed by atoms with Crippen molar-refractivity contribution >= 4 is 5.91 Å². The van der Waals surface area contributed by atoms with E-state index in [9.17, 15) is 4.79 Å². The topological polar surface area (TPSA) is 55.3 Å². The number of rotatable bonds is 4. The van der Waals surface area contributed by atoms with Crippen LogP contribution in [-0.2, 0) is 16.1 Å². The van der Waals surface area contributed by atoms with Gasteiger partial charge < -0.3 is 0 Å². The van der Waals surface area contributed by atoms with Gasteiger partial charge in [-0.3, -0.25) is 19.6 Å². The summed E-state index contributed by atoms with van der Waals surface area (Å²) in [5.74, 6) is 0.879.